The molecule has 1 N–H and O–H groups in total. The Balaban J connectivity index is 2.50. The summed E-state index contributed by atoms with van der Waals surface area (Å²) in [6.07, 6.45) is 8.28. The maximum Gasteiger partial charge on any atom is 0.122 e. The van der Waals surface area contributed by atoms with Crippen LogP contribution < -0.4 is 0 Å². The van der Waals surface area contributed by atoms with Crippen LogP contribution in [0.4, 0.5) is 0 Å². The zero-order valence-corrected chi connectivity index (χ0v) is 8.46. The van der Waals surface area contributed by atoms with Gasteiger partial charge in [0.15, 0.2) is 0 Å². The molecule has 0 spiro atoms. The van der Waals surface area contributed by atoms with E-state index in [4.69, 9.17) is 0 Å². The Morgan fingerprint density at radius 3 is 2.31 bits per heavy atom. The highest BCUT2D eigenvalue weighted by Crippen LogP contribution is 2.32. The van der Waals surface area contributed by atoms with Crippen molar-refractivity contribution >= 4 is 6.29 Å². The summed E-state index contributed by atoms with van der Waals surface area (Å²) in [7, 11) is 0. The first-order valence-electron chi connectivity index (χ1n) is 5.33. The lowest BCUT2D eigenvalue weighted by molar-refractivity contribution is -0.114. The largest absolute Gasteiger partial charge is 0.389 e. The molecule has 0 heterocycles. The van der Waals surface area contributed by atoms with Crippen LogP contribution in [0.1, 0.15) is 51.9 Å². The Morgan fingerprint density at radius 2 is 1.85 bits per heavy atom. The zero-order chi connectivity index (χ0) is 9.73. The minimum atomic E-state index is -0.758. The third kappa shape index (κ3) is 3.11. The van der Waals surface area contributed by atoms with Gasteiger partial charge in [-0.25, -0.2) is 0 Å². The van der Waals surface area contributed by atoms with Gasteiger partial charge in [0, 0.05) is 6.42 Å². The van der Waals surface area contributed by atoms with E-state index in [9.17, 15) is 9.90 Å². The molecular formula is C11H20O2. The van der Waals surface area contributed by atoms with Crippen molar-refractivity contribution in [3.05, 3.63) is 0 Å². The molecule has 0 aliphatic heterocycles. The van der Waals surface area contributed by atoms with Gasteiger partial charge in [-0.15, -0.1) is 0 Å². The molecule has 1 fully saturated rings. The average molecular weight is 184 g/mol. The molecule has 76 valence electrons. The van der Waals surface area contributed by atoms with Crippen LogP contribution in [-0.2, 0) is 4.79 Å². The van der Waals surface area contributed by atoms with Crippen molar-refractivity contribution in [3.63, 3.8) is 0 Å². The summed E-state index contributed by atoms with van der Waals surface area (Å²) in [6, 6.07) is 0. The van der Waals surface area contributed by atoms with E-state index in [0.29, 0.717) is 5.92 Å². The normalized spacial score (nSPS) is 24.8. The van der Waals surface area contributed by atoms with E-state index in [0.717, 1.165) is 19.1 Å². The van der Waals surface area contributed by atoms with Crippen LogP contribution >= 0.6 is 0 Å². The van der Waals surface area contributed by atoms with Crippen molar-refractivity contribution in [1.29, 1.82) is 0 Å². The minimum Gasteiger partial charge on any atom is -0.389 e. The number of carbonyl (C=O) groups excluding carboxylic acids is 1. The molecule has 0 aromatic heterocycles. The molecule has 1 aliphatic carbocycles. The molecule has 1 aliphatic rings. The Morgan fingerprint density at radius 1 is 1.31 bits per heavy atom. The summed E-state index contributed by atoms with van der Waals surface area (Å²) in [5.74, 6) is 0.334. The van der Waals surface area contributed by atoms with Crippen LogP contribution in [0, 0.1) is 5.92 Å². The lowest BCUT2D eigenvalue weighted by Gasteiger charge is -2.30. The number of hydrogen-bond acceptors (Lipinski definition) is 2. The predicted octanol–water partition coefficient (Wildman–Crippen LogP) is 2.30. The van der Waals surface area contributed by atoms with E-state index in [1.54, 1.807) is 6.92 Å². The second kappa shape index (κ2) is 4.75. The highest BCUT2D eigenvalue weighted by molar-refractivity contribution is 5.51. The smallest absolute Gasteiger partial charge is 0.122 e. The van der Waals surface area contributed by atoms with E-state index < -0.39 is 5.60 Å². The highest BCUT2D eigenvalue weighted by atomic mass is 16.3. The summed E-state index contributed by atoms with van der Waals surface area (Å²) < 4.78 is 0. The molecule has 2 heteroatoms. The van der Waals surface area contributed by atoms with Crippen molar-refractivity contribution in [3.8, 4) is 0 Å². The molecule has 1 saturated carbocycles. The quantitative estimate of drug-likeness (QED) is 0.540. The van der Waals surface area contributed by atoms with Crippen LogP contribution in [0.3, 0.4) is 0 Å². The summed E-state index contributed by atoms with van der Waals surface area (Å²) in [5, 5.41) is 10.0. The summed E-state index contributed by atoms with van der Waals surface area (Å²) in [6.45, 7) is 1.80. The highest BCUT2D eigenvalue weighted by Gasteiger charge is 2.31. The fourth-order valence-corrected chi connectivity index (χ4v) is 2.24. The molecule has 13 heavy (non-hydrogen) atoms. The summed E-state index contributed by atoms with van der Waals surface area (Å²) in [4.78, 5) is 10.4. The molecule has 1 unspecified atom stereocenters. The topological polar surface area (TPSA) is 37.3 Å². The Hall–Kier alpha value is -0.370. The van der Waals surface area contributed by atoms with Crippen molar-refractivity contribution in [1.82, 2.24) is 0 Å². The second-order valence-electron chi connectivity index (χ2n) is 4.42. The number of hydrogen-bond donors (Lipinski definition) is 1. The van der Waals surface area contributed by atoms with Crippen molar-refractivity contribution in [2.45, 2.75) is 57.5 Å². The third-order valence-electron chi connectivity index (χ3n) is 3.23. The first-order valence-corrected chi connectivity index (χ1v) is 5.33. The summed E-state index contributed by atoms with van der Waals surface area (Å²) >= 11 is 0. The zero-order valence-electron chi connectivity index (χ0n) is 8.46. The first-order chi connectivity index (χ1) is 6.17. The fraction of sp³-hybridized carbons (Fsp3) is 0.909. The van der Waals surface area contributed by atoms with Gasteiger partial charge in [-0.1, -0.05) is 25.7 Å². The van der Waals surface area contributed by atoms with Gasteiger partial charge < -0.3 is 9.90 Å². The van der Waals surface area contributed by atoms with Gasteiger partial charge in [0.2, 0.25) is 0 Å². The molecule has 1 atom stereocenters. The van der Waals surface area contributed by atoms with Gasteiger partial charge >= 0.3 is 0 Å². The van der Waals surface area contributed by atoms with E-state index >= 15 is 0 Å². The van der Waals surface area contributed by atoms with E-state index in [2.05, 4.69) is 0 Å². The first kappa shape index (κ1) is 10.7. The van der Waals surface area contributed by atoms with Gasteiger partial charge in [0.1, 0.15) is 6.29 Å². The molecular weight excluding hydrogens is 164 g/mol. The Bertz CT molecular complexity index is 155. The van der Waals surface area contributed by atoms with Crippen molar-refractivity contribution in [2.75, 3.05) is 0 Å². The van der Waals surface area contributed by atoms with Crippen LogP contribution in [0.2, 0.25) is 0 Å². The summed E-state index contributed by atoms with van der Waals surface area (Å²) in [5.41, 5.74) is -0.758. The molecule has 1 rings (SSSR count). The molecule has 0 aromatic carbocycles. The van der Waals surface area contributed by atoms with Crippen LogP contribution in [-0.4, -0.2) is 17.0 Å². The van der Waals surface area contributed by atoms with Gasteiger partial charge in [0.05, 0.1) is 5.60 Å². The predicted molar refractivity (Wildman–Crippen MR) is 52.5 cm³/mol. The lowest BCUT2D eigenvalue weighted by Crippen LogP contribution is -2.34. The number of rotatable bonds is 3. The number of aliphatic hydroxyl groups is 1. The van der Waals surface area contributed by atoms with E-state index in [-0.39, 0.29) is 6.42 Å². The molecule has 2 nitrogen and oxygen atoms in total. The molecule has 0 aromatic rings. The lowest BCUT2D eigenvalue weighted by atomic mass is 9.81. The van der Waals surface area contributed by atoms with Crippen LogP contribution in [0.25, 0.3) is 0 Å². The second-order valence-corrected chi connectivity index (χ2v) is 4.42. The number of aldehydes is 1. The third-order valence-corrected chi connectivity index (χ3v) is 3.23. The van der Waals surface area contributed by atoms with Gasteiger partial charge in [0.25, 0.3) is 0 Å². The standard InChI is InChI=1S/C11H20O2/c1-11(13,8-9-12)10-6-4-2-3-5-7-10/h9-10,13H,2-8H2,1H3. The maximum absolute atomic E-state index is 10.4. The molecule has 0 saturated heterocycles. The van der Waals surface area contributed by atoms with Gasteiger partial charge in [-0.05, 0) is 25.7 Å². The SMILES string of the molecule is CC(O)(CC=O)C1CCCCCC1. The number of carbonyl (C=O) groups is 1. The fourth-order valence-electron chi connectivity index (χ4n) is 2.24. The van der Waals surface area contributed by atoms with Crippen molar-refractivity contribution in [2.24, 2.45) is 5.92 Å². The maximum atomic E-state index is 10.4. The van der Waals surface area contributed by atoms with Crippen LogP contribution in [0.15, 0.2) is 0 Å². The average Bonchev–Trinajstić information content (AvgIpc) is 2.31. The van der Waals surface area contributed by atoms with Crippen LogP contribution in [0.5, 0.6) is 0 Å². The minimum absolute atomic E-state index is 0.289. The Labute approximate surface area is 80.3 Å². The monoisotopic (exact) mass is 184 g/mol. The van der Waals surface area contributed by atoms with E-state index in [1.165, 1.54) is 25.7 Å². The van der Waals surface area contributed by atoms with Gasteiger partial charge in [-0.2, -0.15) is 0 Å². The molecule has 0 radical (unpaired) electrons. The Kier molecular flexibility index (Phi) is 3.91. The van der Waals surface area contributed by atoms with Crippen molar-refractivity contribution < 1.29 is 9.90 Å². The molecule has 0 bridgehead atoms. The molecule has 0 amide bonds. The van der Waals surface area contributed by atoms with Gasteiger partial charge in [-0.3, -0.25) is 0 Å². The van der Waals surface area contributed by atoms with E-state index in [1.807, 2.05) is 0 Å².